The maximum Gasteiger partial charge on any atom is 0.275 e. The number of carbonyl (C=O) groups excluding carboxylic acids is 1. The van der Waals surface area contributed by atoms with Gasteiger partial charge in [0.2, 0.25) is 5.89 Å². The number of likely N-dealkylation sites (tertiary alicyclic amines) is 1. The smallest absolute Gasteiger partial charge is 0.275 e. The molecular weight excluding hydrogens is 390 g/mol. The lowest BCUT2D eigenvalue weighted by molar-refractivity contribution is 0.0772. The highest BCUT2D eigenvalue weighted by molar-refractivity contribution is 5.92. The molecule has 168 valence electrons. The van der Waals surface area contributed by atoms with E-state index in [9.17, 15) is 4.79 Å². The van der Waals surface area contributed by atoms with Crippen LogP contribution in [0.1, 0.15) is 42.2 Å². The summed E-state index contributed by atoms with van der Waals surface area (Å²) in [4.78, 5) is 26.6. The Morgan fingerprint density at radius 1 is 1.03 bits per heavy atom. The summed E-state index contributed by atoms with van der Waals surface area (Å²) in [6.07, 6.45) is 2.57. The zero-order chi connectivity index (χ0) is 21.6. The van der Waals surface area contributed by atoms with Crippen molar-refractivity contribution in [2.75, 3.05) is 52.4 Å². The van der Waals surface area contributed by atoms with Gasteiger partial charge in [0.25, 0.3) is 5.91 Å². The van der Waals surface area contributed by atoms with Crippen LogP contribution in [0.3, 0.4) is 0 Å². The lowest BCUT2D eigenvalue weighted by Gasteiger charge is -2.34. The van der Waals surface area contributed by atoms with Crippen molar-refractivity contribution in [3.63, 3.8) is 0 Å². The van der Waals surface area contributed by atoms with Gasteiger partial charge in [0.05, 0.1) is 6.54 Å². The topological polar surface area (TPSA) is 56.1 Å². The predicted octanol–water partition coefficient (Wildman–Crippen LogP) is 2.55. The Balaban J connectivity index is 1.25. The second kappa shape index (κ2) is 10.4. The van der Waals surface area contributed by atoms with E-state index in [-0.39, 0.29) is 5.91 Å². The van der Waals surface area contributed by atoms with Crippen LogP contribution in [0.15, 0.2) is 41.0 Å². The van der Waals surface area contributed by atoms with Gasteiger partial charge in [-0.2, -0.15) is 0 Å². The molecule has 2 aromatic rings. The van der Waals surface area contributed by atoms with Gasteiger partial charge in [0.1, 0.15) is 6.26 Å². The van der Waals surface area contributed by atoms with E-state index < -0.39 is 0 Å². The van der Waals surface area contributed by atoms with Crippen LogP contribution < -0.4 is 0 Å². The Hall–Kier alpha value is -2.22. The number of oxazole rings is 1. The molecule has 0 N–H and O–H groups in total. The summed E-state index contributed by atoms with van der Waals surface area (Å²) in [7, 11) is 0. The summed E-state index contributed by atoms with van der Waals surface area (Å²) in [6.45, 7) is 13.7. The van der Waals surface area contributed by atoms with Crippen molar-refractivity contribution in [3.05, 3.63) is 53.7 Å². The molecule has 1 amide bonds. The fraction of sp³-hybridized carbons (Fsp3) is 0.583. The van der Waals surface area contributed by atoms with Gasteiger partial charge in [-0.05, 0) is 25.1 Å². The molecule has 1 aromatic heterocycles. The van der Waals surface area contributed by atoms with Gasteiger partial charge < -0.3 is 9.32 Å². The van der Waals surface area contributed by atoms with Crippen molar-refractivity contribution in [1.82, 2.24) is 24.6 Å². The van der Waals surface area contributed by atoms with Gasteiger partial charge in [-0.1, -0.05) is 44.2 Å². The van der Waals surface area contributed by atoms with Crippen LogP contribution in [0.4, 0.5) is 0 Å². The Morgan fingerprint density at radius 3 is 2.39 bits per heavy atom. The summed E-state index contributed by atoms with van der Waals surface area (Å²) in [6, 6.07) is 11.1. The molecule has 0 saturated carbocycles. The van der Waals surface area contributed by atoms with Crippen molar-refractivity contribution in [2.45, 2.75) is 39.4 Å². The summed E-state index contributed by atoms with van der Waals surface area (Å²) in [5, 5.41) is 0. The molecule has 7 nitrogen and oxygen atoms in total. The second-order valence-corrected chi connectivity index (χ2v) is 8.58. The lowest BCUT2D eigenvalue weighted by Crippen LogP contribution is -2.45. The molecule has 0 aliphatic carbocycles. The fourth-order valence-electron chi connectivity index (χ4n) is 4.75. The zero-order valence-electron chi connectivity index (χ0n) is 18.9. The van der Waals surface area contributed by atoms with E-state index in [1.54, 1.807) is 0 Å². The van der Waals surface area contributed by atoms with Gasteiger partial charge in [-0.15, -0.1) is 0 Å². The van der Waals surface area contributed by atoms with Crippen molar-refractivity contribution >= 4 is 5.91 Å². The predicted molar refractivity (Wildman–Crippen MR) is 121 cm³/mol. The standard InChI is InChI=1S/C24H35N5O2/c1-3-28(4-2)21-10-11-29(17-21)24(30)22-19-31-23(25-22)18-27-14-12-26(13-15-27)16-20-8-6-5-7-9-20/h5-9,19,21H,3-4,10-18H2,1-2H3/t21-/m0/s1. The maximum atomic E-state index is 12.9. The van der Waals surface area contributed by atoms with Crippen LogP contribution in [0.2, 0.25) is 0 Å². The third kappa shape index (κ3) is 5.53. The fourth-order valence-corrected chi connectivity index (χ4v) is 4.75. The molecular formula is C24H35N5O2. The SMILES string of the molecule is CCN(CC)[C@H]1CCN(C(=O)c2coc(CN3CCN(Cc4ccccc4)CC3)n2)C1. The zero-order valence-corrected chi connectivity index (χ0v) is 18.9. The third-order valence-corrected chi connectivity index (χ3v) is 6.62. The number of nitrogens with zero attached hydrogens (tertiary/aromatic N) is 5. The minimum absolute atomic E-state index is 0.00247. The van der Waals surface area contributed by atoms with E-state index in [1.165, 1.54) is 11.8 Å². The van der Waals surface area contributed by atoms with Crippen LogP contribution in [0.25, 0.3) is 0 Å². The molecule has 2 aliphatic rings. The molecule has 0 radical (unpaired) electrons. The molecule has 7 heteroatoms. The average molecular weight is 426 g/mol. The number of hydrogen-bond donors (Lipinski definition) is 0. The van der Waals surface area contributed by atoms with E-state index >= 15 is 0 Å². The number of amides is 1. The molecule has 3 heterocycles. The first-order valence-corrected chi connectivity index (χ1v) is 11.6. The highest BCUT2D eigenvalue weighted by Gasteiger charge is 2.31. The minimum atomic E-state index is -0.00247. The van der Waals surface area contributed by atoms with Crippen LogP contribution in [-0.4, -0.2) is 88.9 Å². The maximum absolute atomic E-state index is 12.9. The quantitative estimate of drug-likeness (QED) is 0.648. The molecule has 0 unspecified atom stereocenters. The first-order chi connectivity index (χ1) is 15.2. The molecule has 2 saturated heterocycles. The Labute approximate surface area is 185 Å². The average Bonchev–Trinajstić information content (AvgIpc) is 3.47. The molecule has 31 heavy (non-hydrogen) atoms. The lowest BCUT2D eigenvalue weighted by atomic mass is 10.2. The van der Waals surface area contributed by atoms with E-state index in [1.807, 2.05) is 4.90 Å². The summed E-state index contributed by atoms with van der Waals surface area (Å²) in [5.74, 6) is 0.636. The third-order valence-electron chi connectivity index (χ3n) is 6.62. The molecule has 4 rings (SSSR count). The first kappa shape index (κ1) is 22.0. The number of rotatable bonds is 8. The molecule has 1 aromatic carbocycles. The van der Waals surface area contributed by atoms with Crippen LogP contribution >= 0.6 is 0 Å². The Kier molecular flexibility index (Phi) is 7.37. The van der Waals surface area contributed by atoms with Crippen molar-refractivity contribution in [3.8, 4) is 0 Å². The van der Waals surface area contributed by atoms with Gasteiger partial charge in [-0.25, -0.2) is 4.98 Å². The molecule has 0 spiro atoms. The Bertz CT molecular complexity index is 828. The molecule has 2 fully saturated rings. The first-order valence-electron chi connectivity index (χ1n) is 11.6. The summed E-state index contributed by atoms with van der Waals surface area (Å²) in [5.41, 5.74) is 1.80. The Morgan fingerprint density at radius 2 is 1.71 bits per heavy atom. The number of piperazine rings is 1. The van der Waals surface area contributed by atoms with E-state index in [0.717, 1.165) is 65.3 Å². The van der Waals surface area contributed by atoms with Crippen molar-refractivity contribution in [2.24, 2.45) is 0 Å². The second-order valence-electron chi connectivity index (χ2n) is 8.58. The van der Waals surface area contributed by atoms with Gasteiger partial charge in [-0.3, -0.25) is 19.5 Å². The van der Waals surface area contributed by atoms with Gasteiger partial charge >= 0.3 is 0 Å². The van der Waals surface area contributed by atoms with Crippen molar-refractivity contribution in [1.29, 1.82) is 0 Å². The van der Waals surface area contributed by atoms with Gasteiger partial charge in [0.15, 0.2) is 5.69 Å². The minimum Gasteiger partial charge on any atom is -0.447 e. The van der Waals surface area contributed by atoms with Crippen LogP contribution in [-0.2, 0) is 13.1 Å². The number of likely N-dealkylation sites (N-methyl/N-ethyl adjacent to an activating group) is 1. The summed E-state index contributed by atoms with van der Waals surface area (Å²) < 4.78 is 5.66. The number of benzene rings is 1. The normalized spacial score (nSPS) is 20.6. The largest absolute Gasteiger partial charge is 0.447 e. The van der Waals surface area contributed by atoms with Gasteiger partial charge in [0, 0.05) is 51.9 Å². The summed E-state index contributed by atoms with van der Waals surface area (Å²) >= 11 is 0. The highest BCUT2D eigenvalue weighted by atomic mass is 16.3. The number of carbonyl (C=O) groups is 1. The monoisotopic (exact) mass is 425 g/mol. The molecule has 0 bridgehead atoms. The van der Waals surface area contributed by atoms with Crippen molar-refractivity contribution < 1.29 is 9.21 Å². The number of hydrogen-bond acceptors (Lipinski definition) is 6. The van der Waals surface area contributed by atoms with Crippen LogP contribution in [0, 0.1) is 0 Å². The van der Waals surface area contributed by atoms with E-state index in [4.69, 9.17) is 4.42 Å². The van der Waals surface area contributed by atoms with Crippen LogP contribution in [0.5, 0.6) is 0 Å². The molecule has 2 aliphatic heterocycles. The van der Waals surface area contributed by atoms with E-state index in [2.05, 4.69) is 63.9 Å². The van der Waals surface area contributed by atoms with E-state index in [0.29, 0.717) is 24.2 Å². The number of aromatic nitrogens is 1. The highest BCUT2D eigenvalue weighted by Crippen LogP contribution is 2.19. The molecule has 1 atom stereocenters.